The summed E-state index contributed by atoms with van der Waals surface area (Å²) in [5.41, 5.74) is 6.24. The standard InChI is InChI=1S/C40H54NO4P/c1-36(2,3)26-20-28-29-21-27(37(4,5)6)23-31(39(10,11)12)34(29)44-46(43-33(28)30(22-26)38(7,8)9)45-40(13,14)32-24-42-35(41-32)25-18-16-15-17-19-25/h15-23,32H,24H2,1-14H3/t32-/m1/s1. The molecule has 2 heterocycles. The first kappa shape index (κ1) is 34.3. The summed E-state index contributed by atoms with van der Waals surface area (Å²) in [6, 6.07) is 19.1. The normalized spacial score (nSPS) is 16.6. The van der Waals surface area contributed by atoms with Crippen molar-refractivity contribution >= 4 is 36.1 Å². The highest BCUT2D eigenvalue weighted by Crippen LogP contribution is 2.46. The number of fused-ring (bicyclic) bond motifs is 3. The van der Waals surface area contributed by atoms with E-state index < -0.39 is 13.8 Å². The molecule has 0 amide bonds. The maximum Gasteiger partial charge on any atom is 0.388 e. The van der Waals surface area contributed by atoms with Crippen molar-refractivity contribution in [3.05, 3.63) is 82.4 Å². The van der Waals surface area contributed by atoms with Crippen LogP contribution in [0.15, 0.2) is 68.0 Å². The van der Waals surface area contributed by atoms with Crippen LogP contribution in [0, 0.1) is 0 Å². The van der Waals surface area contributed by atoms with E-state index in [9.17, 15) is 0 Å². The van der Waals surface area contributed by atoms with E-state index in [1.807, 2.05) is 30.3 Å². The molecule has 1 aliphatic rings. The molecule has 6 heteroatoms. The Kier molecular flexibility index (Phi) is 8.66. The van der Waals surface area contributed by atoms with Crippen molar-refractivity contribution in [2.75, 3.05) is 6.61 Å². The Hall–Kier alpha value is -3.01. The van der Waals surface area contributed by atoms with Gasteiger partial charge in [0.1, 0.15) is 29.4 Å². The molecule has 0 bridgehead atoms. The van der Waals surface area contributed by atoms with Gasteiger partial charge in [0, 0.05) is 27.5 Å². The minimum absolute atomic E-state index is 0.0585. The van der Waals surface area contributed by atoms with Gasteiger partial charge in [-0.15, -0.1) is 0 Å². The Morgan fingerprint density at radius 3 is 1.50 bits per heavy atom. The van der Waals surface area contributed by atoms with Gasteiger partial charge >= 0.3 is 8.24 Å². The summed E-state index contributed by atoms with van der Waals surface area (Å²) in [6.07, 6.45) is 0. The van der Waals surface area contributed by atoms with E-state index in [-0.39, 0.29) is 27.7 Å². The maximum absolute atomic E-state index is 7.00. The highest BCUT2D eigenvalue weighted by Gasteiger charge is 2.38. The zero-order valence-corrected chi connectivity index (χ0v) is 31.4. The van der Waals surface area contributed by atoms with E-state index in [4.69, 9.17) is 22.6 Å². The van der Waals surface area contributed by atoms with Crippen LogP contribution >= 0.6 is 8.24 Å². The summed E-state index contributed by atoms with van der Waals surface area (Å²) < 4.78 is 27.0. The molecule has 0 fully saturated rings. The second-order valence-corrected chi connectivity index (χ2v) is 18.5. The van der Waals surface area contributed by atoms with E-state index in [0.717, 1.165) is 38.6 Å². The Morgan fingerprint density at radius 2 is 1.09 bits per heavy atom. The van der Waals surface area contributed by atoms with Crippen LogP contribution in [-0.2, 0) is 26.4 Å². The Labute approximate surface area is 277 Å². The van der Waals surface area contributed by atoms with Crippen molar-refractivity contribution in [3.8, 4) is 0 Å². The van der Waals surface area contributed by atoms with Gasteiger partial charge in [0.2, 0.25) is 5.90 Å². The van der Waals surface area contributed by atoms with Crippen LogP contribution < -0.4 is 4.52 Å². The van der Waals surface area contributed by atoms with Crippen LogP contribution in [0.1, 0.15) is 125 Å². The Balaban J connectivity index is 1.84. The van der Waals surface area contributed by atoms with Gasteiger partial charge < -0.3 is 13.1 Å². The quantitative estimate of drug-likeness (QED) is 0.222. The molecule has 0 aliphatic carbocycles. The fourth-order valence-electron chi connectivity index (χ4n) is 5.76. The van der Waals surface area contributed by atoms with E-state index in [2.05, 4.69) is 121 Å². The molecule has 1 aliphatic heterocycles. The maximum atomic E-state index is 7.00. The average molecular weight is 644 g/mol. The fourth-order valence-corrected chi connectivity index (χ4v) is 7.07. The molecule has 4 aromatic rings. The second kappa shape index (κ2) is 11.6. The molecule has 248 valence electrons. The van der Waals surface area contributed by atoms with E-state index >= 15 is 0 Å². The van der Waals surface area contributed by atoms with Gasteiger partial charge in [-0.25, -0.2) is 4.99 Å². The predicted molar refractivity (Wildman–Crippen MR) is 194 cm³/mol. The summed E-state index contributed by atoms with van der Waals surface area (Å²) in [4.78, 5) is 4.97. The van der Waals surface area contributed by atoms with Gasteiger partial charge in [0.05, 0.1) is 0 Å². The van der Waals surface area contributed by atoms with Gasteiger partial charge in [-0.2, -0.15) is 0 Å². The number of rotatable bonds is 4. The molecule has 0 N–H and O–H groups in total. The largest absolute Gasteiger partial charge is 0.475 e. The Morgan fingerprint density at radius 1 is 0.630 bits per heavy atom. The van der Waals surface area contributed by atoms with Crippen LogP contribution in [0.2, 0.25) is 0 Å². The lowest BCUT2D eigenvalue weighted by atomic mass is 9.77. The third-order valence-electron chi connectivity index (χ3n) is 8.93. The molecule has 3 aromatic carbocycles. The van der Waals surface area contributed by atoms with Crippen LogP contribution in [-0.4, -0.2) is 24.1 Å². The van der Waals surface area contributed by atoms with Crippen LogP contribution in [0.3, 0.4) is 0 Å². The molecular formula is C40H54NO4P. The second-order valence-electron chi connectivity index (χ2n) is 17.5. The van der Waals surface area contributed by atoms with Crippen LogP contribution in [0.25, 0.3) is 21.9 Å². The van der Waals surface area contributed by atoms with Crippen LogP contribution in [0.4, 0.5) is 0 Å². The first-order valence-electron chi connectivity index (χ1n) is 16.6. The third-order valence-corrected chi connectivity index (χ3v) is 10.2. The molecule has 0 radical (unpaired) electrons. The summed E-state index contributed by atoms with van der Waals surface area (Å²) >= 11 is 0. The molecule has 5 nitrogen and oxygen atoms in total. The number of ether oxygens (including phenoxy) is 1. The van der Waals surface area contributed by atoms with E-state index in [1.54, 1.807) is 0 Å². The van der Waals surface area contributed by atoms with Crippen molar-refractivity contribution in [1.82, 2.24) is 0 Å². The number of nitrogens with zero attached hydrogens (tertiary/aromatic N) is 1. The minimum Gasteiger partial charge on any atom is -0.475 e. The van der Waals surface area contributed by atoms with Gasteiger partial charge in [-0.05, 0) is 70.9 Å². The van der Waals surface area contributed by atoms with Gasteiger partial charge in [-0.3, -0.25) is 4.52 Å². The first-order chi connectivity index (χ1) is 21.1. The van der Waals surface area contributed by atoms with Crippen molar-refractivity contribution in [3.63, 3.8) is 0 Å². The number of hydrogen-bond acceptors (Lipinski definition) is 5. The summed E-state index contributed by atoms with van der Waals surface area (Å²) in [5, 5.41) is 2.12. The molecular weight excluding hydrogens is 589 g/mol. The van der Waals surface area contributed by atoms with E-state index in [0.29, 0.717) is 12.5 Å². The lowest BCUT2D eigenvalue weighted by molar-refractivity contribution is 0.109. The number of benzene rings is 3. The summed E-state index contributed by atoms with van der Waals surface area (Å²) in [6.45, 7) is 31.7. The van der Waals surface area contributed by atoms with E-state index in [1.165, 1.54) is 11.1 Å². The topological polar surface area (TPSA) is 57.1 Å². The number of hydrogen-bond donors (Lipinski definition) is 0. The highest BCUT2D eigenvalue weighted by atomic mass is 31.1. The lowest BCUT2D eigenvalue weighted by Gasteiger charge is -2.27. The van der Waals surface area contributed by atoms with Crippen LogP contribution in [0.5, 0.6) is 0 Å². The molecule has 5 rings (SSSR count). The predicted octanol–water partition coefficient (Wildman–Crippen LogP) is 11.5. The van der Waals surface area contributed by atoms with Crippen molar-refractivity contribution in [1.29, 1.82) is 0 Å². The average Bonchev–Trinajstić information content (AvgIpc) is 3.37. The smallest absolute Gasteiger partial charge is 0.388 e. The van der Waals surface area contributed by atoms with Gasteiger partial charge in [0.25, 0.3) is 0 Å². The monoisotopic (exact) mass is 643 g/mol. The van der Waals surface area contributed by atoms with Gasteiger partial charge in [-0.1, -0.05) is 113 Å². The zero-order chi connectivity index (χ0) is 34.0. The molecule has 0 unspecified atom stereocenters. The third kappa shape index (κ3) is 6.97. The van der Waals surface area contributed by atoms with Crippen molar-refractivity contribution in [2.24, 2.45) is 4.99 Å². The molecule has 0 saturated heterocycles. The summed E-state index contributed by atoms with van der Waals surface area (Å²) in [5.74, 6) is 0.642. The highest BCUT2D eigenvalue weighted by molar-refractivity contribution is 7.31. The molecule has 1 aromatic heterocycles. The number of aliphatic imine (C=N–C) groups is 1. The summed E-state index contributed by atoms with van der Waals surface area (Å²) in [7, 11) is -1.87. The fraction of sp³-hybridized carbons (Fsp3) is 0.525. The lowest BCUT2D eigenvalue weighted by Crippen LogP contribution is -2.41. The molecule has 0 saturated carbocycles. The zero-order valence-electron chi connectivity index (χ0n) is 30.5. The first-order valence-corrected chi connectivity index (χ1v) is 17.6. The van der Waals surface area contributed by atoms with Crippen molar-refractivity contribution < 1.29 is 17.7 Å². The van der Waals surface area contributed by atoms with Crippen molar-refractivity contribution in [2.45, 2.75) is 130 Å². The Bertz CT molecular complexity index is 1730. The molecule has 46 heavy (non-hydrogen) atoms. The molecule has 1 atom stereocenters. The van der Waals surface area contributed by atoms with Gasteiger partial charge in [0.15, 0.2) is 0 Å². The SMILES string of the molecule is CC(C)(C)c1cc(C(C)(C)C)c2op(OC(C)(C)[C@H]3COC(c4ccccc4)=N3)oc3c(C(C)(C)C)cc(C(C)(C)C)cc3c2c1. The minimum atomic E-state index is -1.87. The molecule has 0 spiro atoms.